The molecule has 0 radical (unpaired) electrons. The van der Waals surface area contributed by atoms with Crippen LogP contribution in [0, 0.1) is 11.6 Å². The van der Waals surface area contributed by atoms with Gasteiger partial charge in [-0.25, -0.2) is 13.6 Å². The maximum Gasteiger partial charge on any atom is 0.415 e. The highest BCUT2D eigenvalue weighted by Gasteiger charge is 2.49. The van der Waals surface area contributed by atoms with Crippen LogP contribution in [0.3, 0.4) is 0 Å². The smallest absolute Gasteiger partial charge is 0.415 e. The predicted molar refractivity (Wildman–Crippen MR) is 118 cm³/mol. The van der Waals surface area contributed by atoms with Crippen molar-refractivity contribution in [3.8, 4) is 5.75 Å². The Morgan fingerprint density at radius 1 is 0.848 bits per heavy atom. The van der Waals surface area contributed by atoms with E-state index in [4.69, 9.17) is 9.47 Å². The third-order valence-corrected chi connectivity index (χ3v) is 6.03. The van der Waals surface area contributed by atoms with E-state index in [1.54, 1.807) is 24.3 Å². The number of nitrogens with zero attached hydrogens (tertiary/aromatic N) is 2. The van der Waals surface area contributed by atoms with Gasteiger partial charge in [0.1, 0.15) is 23.4 Å². The minimum absolute atomic E-state index is 0.103. The Hall–Kier alpha value is -3.65. The van der Waals surface area contributed by atoms with Gasteiger partial charge in [0.25, 0.3) is 0 Å². The number of benzene rings is 3. The van der Waals surface area contributed by atoms with Gasteiger partial charge in [0, 0.05) is 24.5 Å². The Kier molecular flexibility index (Phi) is 5.60. The molecule has 0 aromatic heterocycles. The summed E-state index contributed by atoms with van der Waals surface area (Å²) in [5.74, 6) is -0.617. The minimum Gasteiger partial charge on any atom is -0.508 e. The Morgan fingerprint density at radius 3 is 2.09 bits per heavy atom. The van der Waals surface area contributed by atoms with Crippen LogP contribution in [-0.2, 0) is 9.47 Å². The number of anilines is 2. The van der Waals surface area contributed by atoms with Crippen molar-refractivity contribution in [1.29, 1.82) is 0 Å². The lowest BCUT2D eigenvalue weighted by Crippen LogP contribution is -2.53. The third kappa shape index (κ3) is 4.21. The average molecular weight is 452 g/mol. The predicted octanol–water partition coefficient (Wildman–Crippen LogP) is 4.64. The van der Waals surface area contributed by atoms with Crippen molar-refractivity contribution in [3.05, 3.63) is 90.0 Å². The zero-order valence-corrected chi connectivity index (χ0v) is 17.6. The maximum absolute atomic E-state index is 13.6. The number of ether oxygens (including phenoxy) is 2. The molecule has 2 aliphatic heterocycles. The maximum atomic E-state index is 13.6. The van der Waals surface area contributed by atoms with Crippen LogP contribution < -0.4 is 9.80 Å². The number of phenolic OH excluding ortho intramolecular Hbond substituents is 1. The van der Waals surface area contributed by atoms with Gasteiger partial charge in [-0.3, -0.25) is 4.90 Å². The van der Waals surface area contributed by atoms with E-state index in [9.17, 15) is 18.7 Å². The average Bonchev–Trinajstić information content (AvgIpc) is 3.17. The van der Waals surface area contributed by atoms with Gasteiger partial charge in [-0.1, -0.05) is 12.1 Å². The Balaban J connectivity index is 1.50. The number of carbonyl (C=O) groups is 1. The summed E-state index contributed by atoms with van der Waals surface area (Å²) < 4.78 is 38.9. The van der Waals surface area contributed by atoms with Crippen LogP contribution in [0.5, 0.6) is 5.75 Å². The van der Waals surface area contributed by atoms with Crippen LogP contribution in [0.25, 0.3) is 0 Å². The number of carbonyl (C=O) groups excluding carboxylic acids is 1. The molecular weight excluding hydrogens is 430 g/mol. The van der Waals surface area contributed by atoms with Gasteiger partial charge < -0.3 is 19.5 Å². The number of cyclic esters (lactones) is 1. The van der Waals surface area contributed by atoms with Gasteiger partial charge >= 0.3 is 6.09 Å². The molecule has 2 aliphatic rings. The number of aromatic hydroxyl groups is 1. The van der Waals surface area contributed by atoms with Crippen molar-refractivity contribution in [2.75, 3.05) is 29.5 Å². The second kappa shape index (κ2) is 8.71. The van der Waals surface area contributed by atoms with E-state index in [1.165, 1.54) is 53.4 Å². The molecule has 0 saturated carbocycles. The minimum atomic E-state index is -0.665. The topological polar surface area (TPSA) is 62.2 Å². The number of halogens is 2. The molecule has 2 saturated heterocycles. The van der Waals surface area contributed by atoms with E-state index in [2.05, 4.69) is 4.90 Å². The fourth-order valence-corrected chi connectivity index (χ4v) is 4.43. The quantitative estimate of drug-likeness (QED) is 0.625. The van der Waals surface area contributed by atoms with Crippen LogP contribution in [-0.4, -0.2) is 43.0 Å². The first kappa shape index (κ1) is 21.2. The molecule has 3 atom stereocenters. The molecule has 8 heteroatoms. The zero-order valence-electron chi connectivity index (χ0n) is 17.6. The van der Waals surface area contributed by atoms with E-state index in [-0.39, 0.29) is 11.6 Å². The van der Waals surface area contributed by atoms with Gasteiger partial charge in [-0.05, 0) is 66.2 Å². The van der Waals surface area contributed by atoms with Gasteiger partial charge in [0.05, 0.1) is 12.7 Å². The molecule has 0 bridgehead atoms. The highest BCUT2D eigenvalue weighted by molar-refractivity contribution is 5.91. The molecule has 0 aliphatic carbocycles. The third-order valence-electron chi connectivity index (χ3n) is 6.03. The monoisotopic (exact) mass is 452 g/mol. The summed E-state index contributed by atoms with van der Waals surface area (Å²) in [6, 6.07) is 17.8. The molecule has 2 fully saturated rings. The Morgan fingerprint density at radius 2 is 1.45 bits per heavy atom. The fourth-order valence-electron chi connectivity index (χ4n) is 4.43. The number of hydrogen-bond donors (Lipinski definition) is 1. The number of phenols is 1. The van der Waals surface area contributed by atoms with Crippen LogP contribution in [0.4, 0.5) is 25.0 Å². The molecule has 2 heterocycles. The molecule has 1 amide bonds. The molecular formula is C25H22F2N2O4. The van der Waals surface area contributed by atoms with E-state index in [1.807, 2.05) is 0 Å². The van der Waals surface area contributed by atoms with Crippen LogP contribution in [0.1, 0.15) is 11.7 Å². The molecule has 5 rings (SSSR count). The summed E-state index contributed by atoms with van der Waals surface area (Å²) in [6.07, 6.45) is -1.67. The summed E-state index contributed by atoms with van der Waals surface area (Å²) in [6.45, 7) is 1.47. The van der Waals surface area contributed by atoms with E-state index < -0.39 is 30.2 Å². The lowest BCUT2D eigenvalue weighted by molar-refractivity contribution is 0.00384. The first-order valence-corrected chi connectivity index (χ1v) is 10.7. The first-order valence-electron chi connectivity index (χ1n) is 10.7. The summed E-state index contributed by atoms with van der Waals surface area (Å²) in [4.78, 5) is 16.6. The van der Waals surface area contributed by atoms with Crippen molar-refractivity contribution >= 4 is 17.5 Å². The summed E-state index contributed by atoms with van der Waals surface area (Å²) in [5, 5.41) is 9.69. The van der Waals surface area contributed by atoms with Crippen molar-refractivity contribution < 1.29 is 28.2 Å². The number of amides is 1. The van der Waals surface area contributed by atoms with Gasteiger partial charge in [-0.15, -0.1) is 0 Å². The first-order chi connectivity index (χ1) is 16.0. The van der Waals surface area contributed by atoms with E-state index in [0.29, 0.717) is 30.9 Å². The Bertz CT molecular complexity index is 1120. The lowest BCUT2D eigenvalue weighted by Gasteiger charge is -2.40. The van der Waals surface area contributed by atoms with Crippen molar-refractivity contribution in [2.24, 2.45) is 0 Å². The molecule has 6 nitrogen and oxygen atoms in total. The van der Waals surface area contributed by atoms with Crippen LogP contribution >= 0.6 is 0 Å². The molecule has 1 unspecified atom stereocenters. The second-order valence-corrected chi connectivity index (χ2v) is 8.06. The summed E-state index contributed by atoms with van der Waals surface area (Å²) in [5.41, 5.74) is 2.05. The molecule has 170 valence electrons. The molecule has 1 N–H and O–H groups in total. The van der Waals surface area contributed by atoms with Crippen LogP contribution in [0.15, 0.2) is 72.8 Å². The summed E-state index contributed by atoms with van der Waals surface area (Å²) in [7, 11) is 0. The van der Waals surface area contributed by atoms with Gasteiger partial charge in [0.2, 0.25) is 0 Å². The normalized spacial score (nSPS) is 23.0. The molecule has 0 spiro atoms. The number of rotatable bonds is 4. The summed E-state index contributed by atoms with van der Waals surface area (Å²) >= 11 is 0. The van der Waals surface area contributed by atoms with Crippen molar-refractivity contribution in [1.82, 2.24) is 0 Å². The number of hydrogen-bond acceptors (Lipinski definition) is 5. The zero-order chi connectivity index (χ0) is 22.9. The van der Waals surface area contributed by atoms with Crippen LogP contribution in [0.2, 0.25) is 0 Å². The van der Waals surface area contributed by atoms with E-state index >= 15 is 0 Å². The molecule has 3 aromatic rings. The van der Waals surface area contributed by atoms with Gasteiger partial charge in [-0.2, -0.15) is 0 Å². The highest BCUT2D eigenvalue weighted by atomic mass is 19.1. The SMILES string of the molecule is O=C1O[C@@H](c2ccc(O)cc2)[C@H](C2CN(c3ccc(F)cc3)CCO2)N1c1ccc(F)cc1. The standard InChI is InChI=1S/C25H22F2N2O4/c26-17-3-7-19(8-4-17)28-13-14-32-22(15-28)23-24(16-1-11-21(30)12-2-16)33-25(31)29(23)20-9-5-18(27)6-10-20/h1-12,22-24,30H,13-15H2/t22?,23-,24-/m0/s1. The lowest BCUT2D eigenvalue weighted by atomic mass is 9.95. The fraction of sp³-hybridized carbons (Fsp3) is 0.240. The highest BCUT2D eigenvalue weighted by Crippen LogP contribution is 2.40. The molecule has 33 heavy (non-hydrogen) atoms. The van der Waals surface area contributed by atoms with Gasteiger partial charge in [0.15, 0.2) is 6.10 Å². The largest absolute Gasteiger partial charge is 0.508 e. The van der Waals surface area contributed by atoms with Crippen molar-refractivity contribution in [3.63, 3.8) is 0 Å². The van der Waals surface area contributed by atoms with E-state index in [0.717, 1.165) is 5.69 Å². The molecule has 3 aromatic carbocycles. The van der Waals surface area contributed by atoms with Crippen molar-refractivity contribution in [2.45, 2.75) is 18.2 Å². The Labute approximate surface area is 189 Å². The number of morpholine rings is 1. The second-order valence-electron chi connectivity index (χ2n) is 8.06.